The third-order valence-corrected chi connectivity index (χ3v) is 8.47. The van der Waals surface area contributed by atoms with Crippen LogP contribution in [-0.2, 0) is 22.0 Å². The summed E-state index contributed by atoms with van der Waals surface area (Å²) < 4.78 is 65.6. The molecule has 2 aromatic rings. The summed E-state index contributed by atoms with van der Waals surface area (Å²) >= 11 is 1.20. The maximum atomic E-state index is 13.0. The molecule has 1 fully saturated rings. The van der Waals surface area contributed by atoms with E-state index in [0.717, 1.165) is 25.0 Å². The van der Waals surface area contributed by atoms with Crippen LogP contribution in [0.4, 0.5) is 13.2 Å². The number of rotatable bonds is 5. The molecule has 6 nitrogen and oxygen atoms in total. The number of sulfonamides is 1. The fourth-order valence-electron chi connectivity index (χ4n) is 3.73. The van der Waals surface area contributed by atoms with Crippen molar-refractivity contribution in [2.24, 2.45) is 4.99 Å². The standard InChI is InChI=1S/C22H22F3N3O3S2/c23-22(24,25)18-5-3-4-16(14-18)15-32-21-26-10-13-28(21)20(29)17-6-8-19(9-7-17)33(30,31)27-11-1-2-12-27/h3-9,14H,1-2,10-13,15H2. The van der Waals surface area contributed by atoms with Crippen molar-refractivity contribution in [1.29, 1.82) is 0 Å². The Morgan fingerprint density at radius 1 is 1.03 bits per heavy atom. The number of nitrogens with zero attached hydrogens (tertiary/aromatic N) is 3. The molecule has 2 aromatic carbocycles. The number of thioether (sulfide) groups is 1. The predicted molar refractivity (Wildman–Crippen MR) is 121 cm³/mol. The second kappa shape index (κ2) is 9.47. The number of hydrogen-bond acceptors (Lipinski definition) is 5. The molecular formula is C22H22F3N3O3S2. The van der Waals surface area contributed by atoms with Gasteiger partial charge < -0.3 is 0 Å². The summed E-state index contributed by atoms with van der Waals surface area (Å²) in [6.07, 6.45) is -2.74. The van der Waals surface area contributed by atoms with Crippen LogP contribution in [0, 0.1) is 0 Å². The fourth-order valence-corrected chi connectivity index (χ4v) is 6.23. The zero-order valence-electron chi connectivity index (χ0n) is 17.6. The quantitative estimate of drug-likeness (QED) is 0.620. The number of benzene rings is 2. The van der Waals surface area contributed by atoms with E-state index in [0.29, 0.717) is 42.5 Å². The SMILES string of the molecule is O=C(c1ccc(S(=O)(=O)N2CCCC2)cc1)N1CCN=C1SCc1cccc(C(F)(F)F)c1. The first-order valence-electron chi connectivity index (χ1n) is 10.4. The maximum absolute atomic E-state index is 13.0. The van der Waals surface area contributed by atoms with Gasteiger partial charge in [0, 0.05) is 31.0 Å². The van der Waals surface area contributed by atoms with E-state index in [1.54, 1.807) is 6.07 Å². The zero-order valence-corrected chi connectivity index (χ0v) is 19.2. The highest BCUT2D eigenvalue weighted by molar-refractivity contribution is 8.13. The number of halogens is 3. The van der Waals surface area contributed by atoms with Crippen LogP contribution in [0.2, 0.25) is 0 Å². The molecule has 0 bridgehead atoms. The van der Waals surface area contributed by atoms with Crippen LogP contribution in [0.15, 0.2) is 58.4 Å². The van der Waals surface area contributed by atoms with Crippen molar-refractivity contribution >= 4 is 32.9 Å². The highest BCUT2D eigenvalue weighted by Gasteiger charge is 2.31. The Morgan fingerprint density at radius 3 is 2.39 bits per heavy atom. The van der Waals surface area contributed by atoms with Gasteiger partial charge in [-0.25, -0.2) is 8.42 Å². The Labute approximate surface area is 194 Å². The summed E-state index contributed by atoms with van der Waals surface area (Å²) in [7, 11) is -3.56. The summed E-state index contributed by atoms with van der Waals surface area (Å²) in [4.78, 5) is 18.9. The number of alkyl halides is 3. The van der Waals surface area contributed by atoms with Crippen molar-refractivity contribution in [3.8, 4) is 0 Å². The second-order valence-electron chi connectivity index (χ2n) is 7.74. The van der Waals surface area contributed by atoms with Crippen LogP contribution in [0.1, 0.15) is 34.3 Å². The number of aliphatic imine (C=N–C) groups is 1. The van der Waals surface area contributed by atoms with Crippen molar-refractivity contribution in [2.75, 3.05) is 26.2 Å². The van der Waals surface area contributed by atoms with E-state index in [4.69, 9.17) is 0 Å². The van der Waals surface area contributed by atoms with Crippen molar-refractivity contribution in [3.05, 3.63) is 65.2 Å². The Hall–Kier alpha value is -2.37. The predicted octanol–water partition coefficient (Wildman–Crippen LogP) is 4.24. The Balaban J connectivity index is 1.43. The van der Waals surface area contributed by atoms with Gasteiger partial charge in [-0.15, -0.1) is 0 Å². The van der Waals surface area contributed by atoms with E-state index in [1.165, 1.54) is 51.3 Å². The fraction of sp³-hybridized carbons (Fsp3) is 0.364. The van der Waals surface area contributed by atoms with Gasteiger partial charge in [0.25, 0.3) is 5.91 Å². The third-order valence-electron chi connectivity index (χ3n) is 5.47. The van der Waals surface area contributed by atoms with Crippen LogP contribution in [0.25, 0.3) is 0 Å². The molecule has 0 atom stereocenters. The monoisotopic (exact) mass is 497 g/mol. The molecule has 11 heteroatoms. The normalized spacial score (nSPS) is 17.4. The lowest BCUT2D eigenvalue weighted by atomic mass is 10.1. The summed E-state index contributed by atoms with van der Waals surface area (Å²) in [6, 6.07) is 10.9. The molecule has 176 valence electrons. The molecule has 0 unspecified atom stereocenters. The molecule has 33 heavy (non-hydrogen) atoms. The Kier molecular flexibility index (Phi) is 6.83. The summed E-state index contributed by atoms with van der Waals surface area (Å²) in [5, 5.41) is 0.436. The third kappa shape index (κ3) is 5.25. The number of hydrogen-bond donors (Lipinski definition) is 0. The van der Waals surface area contributed by atoms with Gasteiger partial charge in [0.1, 0.15) is 0 Å². The number of amidine groups is 1. The molecule has 1 amide bonds. The van der Waals surface area contributed by atoms with E-state index in [9.17, 15) is 26.4 Å². The number of carbonyl (C=O) groups excluding carboxylic acids is 1. The molecule has 0 aliphatic carbocycles. The lowest BCUT2D eigenvalue weighted by Gasteiger charge is -2.19. The van der Waals surface area contributed by atoms with Gasteiger partial charge in [-0.2, -0.15) is 17.5 Å². The topological polar surface area (TPSA) is 70.1 Å². The highest BCUT2D eigenvalue weighted by Crippen LogP contribution is 2.31. The summed E-state index contributed by atoms with van der Waals surface area (Å²) in [5.74, 6) is -0.0903. The van der Waals surface area contributed by atoms with Gasteiger partial charge in [-0.05, 0) is 48.7 Å². The van der Waals surface area contributed by atoms with E-state index < -0.39 is 21.8 Å². The first-order chi connectivity index (χ1) is 15.7. The molecule has 0 aromatic heterocycles. The average molecular weight is 498 g/mol. The number of carbonyl (C=O) groups is 1. The minimum atomic E-state index is -4.41. The highest BCUT2D eigenvalue weighted by atomic mass is 32.2. The minimum Gasteiger partial charge on any atom is -0.286 e. The molecule has 0 spiro atoms. The molecule has 2 heterocycles. The molecule has 0 radical (unpaired) electrons. The van der Waals surface area contributed by atoms with E-state index >= 15 is 0 Å². The molecule has 0 N–H and O–H groups in total. The summed E-state index contributed by atoms with van der Waals surface area (Å²) in [5.41, 5.74) is 0.0869. The van der Waals surface area contributed by atoms with E-state index in [1.807, 2.05) is 0 Å². The van der Waals surface area contributed by atoms with Crippen molar-refractivity contribution in [2.45, 2.75) is 29.7 Å². The zero-order chi connectivity index (χ0) is 23.6. The molecule has 1 saturated heterocycles. The largest absolute Gasteiger partial charge is 0.416 e. The van der Waals surface area contributed by atoms with Gasteiger partial charge in [0.15, 0.2) is 5.17 Å². The molecule has 2 aliphatic rings. The number of amides is 1. The van der Waals surface area contributed by atoms with Crippen molar-refractivity contribution in [1.82, 2.24) is 9.21 Å². The minimum absolute atomic E-state index is 0.148. The second-order valence-corrected chi connectivity index (χ2v) is 10.6. The van der Waals surface area contributed by atoms with Crippen molar-refractivity contribution in [3.63, 3.8) is 0 Å². The maximum Gasteiger partial charge on any atom is 0.416 e. The van der Waals surface area contributed by atoms with Crippen LogP contribution in [-0.4, -0.2) is 54.9 Å². The van der Waals surface area contributed by atoms with Crippen LogP contribution >= 0.6 is 11.8 Å². The Morgan fingerprint density at radius 2 is 1.73 bits per heavy atom. The smallest absolute Gasteiger partial charge is 0.286 e. The van der Waals surface area contributed by atoms with Crippen molar-refractivity contribution < 1.29 is 26.4 Å². The lowest BCUT2D eigenvalue weighted by molar-refractivity contribution is -0.137. The van der Waals surface area contributed by atoms with Crippen LogP contribution in [0.3, 0.4) is 0 Å². The van der Waals surface area contributed by atoms with E-state index in [-0.39, 0.29) is 16.6 Å². The lowest BCUT2D eigenvalue weighted by Crippen LogP contribution is -2.33. The molecule has 4 rings (SSSR count). The van der Waals surface area contributed by atoms with Gasteiger partial charge in [-0.3, -0.25) is 14.7 Å². The van der Waals surface area contributed by atoms with Gasteiger partial charge in [-0.1, -0.05) is 30.0 Å². The first-order valence-corrected chi connectivity index (χ1v) is 12.8. The Bertz CT molecular complexity index is 1160. The summed E-state index contributed by atoms with van der Waals surface area (Å²) in [6.45, 7) is 1.76. The van der Waals surface area contributed by atoms with Gasteiger partial charge in [0.2, 0.25) is 10.0 Å². The molecule has 2 aliphatic heterocycles. The van der Waals surface area contributed by atoms with Crippen LogP contribution < -0.4 is 0 Å². The molecule has 0 saturated carbocycles. The van der Waals surface area contributed by atoms with E-state index in [2.05, 4.69) is 4.99 Å². The average Bonchev–Trinajstić information content (AvgIpc) is 3.49. The van der Waals surface area contributed by atoms with Gasteiger partial charge >= 0.3 is 6.18 Å². The van der Waals surface area contributed by atoms with Crippen LogP contribution in [0.5, 0.6) is 0 Å². The first kappa shape index (κ1) is 23.8. The molecular weight excluding hydrogens is 475 g/mol. The van der Waals surface area contributed by atoms with Gasteiger partial charge in [0.05, 0.1) is 17.0 Å².